The molecule has 1 fully saturated rings. The van der Waals surface area contributed by atoms with Crippen molar-refractivity contribution >= 4 is 39.3 Å². The normalized spacial score (nSPS) is 15.3. The molecule has 0 spiro atoms. The van der Waals surface area contributed by atoms with Gasteiger partial charge in [-0.05, 0) is 67.3 Å². The van der Waals surface area contributed by atoms with E-state index in [-0.39, 0.29) is 6.04 Å². The first kappa shape index (κ1) is 23.6. The molecule has 0 radical (unpaired) electrons. The third-order valence-electron chi connectivity index (χ3n) is 5.75. The molecule has 1 aliphatic rings. The number of hydrogen-bond acceptors (Lipinski definition) is 7. The summed E-state index contributed by atoms with van der Waals surface area (Å²) in [5.41, 5.74) is 1.83. The number of nitrogens with zero attached hydrogens (tertiary/aromatic N) is 4. The predicted octanol–water partition coefficient (Wildman–Crippen LogP) is 6.83. The molecule has 178 valence electrons. The summed E-state index contributed by atoms with van der Waals surface area (Å²) in [6.45, 7) is 1.73. The molecule has 0 bridgehead atoms. The Hall–Kier alpha value is -3.13. The number of pyridine rings is 1. The average Bonchev–Trinajstić information content (AvgIpc) is 3.29. The first-order valence-electron chi connectivity index (χ1n) is 11.0. The van der Waals surface area contributed by atoms with E-state index in [1.807, 2.05) is 12.1 Å². The summed E-state index contributed by atoms with van der Waals surface area (Å²) in [5, 5.41) is 13.3. The summed E-state index contributed by atoms with van der Waals surface area (Å²) < 4.78 is 41.4. The molecule has 4 aromatic rings. The quantitative estimate of drug-likeness (QED) is 0.296. The molecule has 10 heteroatoms. The van der Waals surface area contributed by atoms with Gasteiger partial charge in [-0.3, -0.25) is 0 Å². The van der Waals surface area contributed by atoms with E-state index in [4.69, 9.17) is 5.26 Å². The minimum Gasteiger partial charge on any atom is -0.367 e. The highest BCUT2D eigenvalue weighted by Crippen LogP contribution is 2.33. The lowest BCUT2D eigenvalue weighted by atomic mass is 10.1. The van der Waals surface area contributed by atoms with Crippen LogP contribution in [0.2, 0.25) is 0 Å². The van der Waals surface area contributed by atoms with Crippen LogP contribution in [0, 0.1) is 11.3 Å². The Labute approximate surface area is 208 Å². The van der Waals surface area contributed by atoms with Gasteiger partial charge in [0.1, 0.15) is 10.8 Å². The maximum absolute atomic E-state index is 12.7. The summed E-state index contributed by atoms with van der Waals surface area (Å²) in [7, 11) is 0. The molecule has 2 aromatic carbocycles. The Kier molecular flexibility index (Phi) is 6.65. The van der Waals surface area contributed by atoms with E-state index in [2.05, 4.69) is 49.9 Å². The van der Waals surface area contributed by atoms with Crippen LogP contribution in [0.1, 0.15) is 24.0 Å². The number of halogens is 3. The second-order valence-corrected chi connectivity index (χ2v) is 10.4. The molecular weight excluding hydrogens is 491 g/mol. The van der Waals surface area contributed by atoms with Gasteiger partial charge in [-0.25, -0.2) is 14.3 Å². The maximum Gasteiger partial charge on any atom is 0.417 e. The number of piperidine rings is 1. The highest BCUT2D eigenvalue weighted by atomic mass is 32.2. The Bertz CT molecular complexity index is 1350. The van der Waals surface area contributed by atoms with Gasteiger partial charge in [0.15, 0.2) is 0 Å². The Morgan fingerprint density at radius 2 is 1.83 bits per heavy atom. The van der Waals surface area contributed by atoms with Crippen molar-refractivity contribution in [1.82, 2.24) is 14.3 Å². The number of aromatic nitrogens is 2. The minimum atomic E-state index is -4.37. The Morgan fingerprint density at radius 1 is 1.06 bits per heavy atom. The van der Waals surface area contributed by atoms with Crippen molar-refractivity contribution in [3.63, 3.8) is 0 Å². The fourth-order valence-corrected chi connectivity index (χ4v) is 5.83. The zero-order chi connectivity index (χ0) is 24.4. The van der Waals surface area contributed by atoms with Gasteiger partial charge in [0.05, 0.1) is 27.4 Å². The van der Waals surface area contributed by atoms with E-state index in [1.54, 1.807) is 29.4 Å². The van der Waals surface area contributed by atoms with Crippen LogP contribution in [-0.2, 0) is 6.18 Å². The lowest BCUT2D eigenvalue weighted by Crippen LogP contribution is -2.35. The Balaban J connectivity index is 1.15. The zero-order valence-electron chi connectivity index (χ0n) is 18.4. The lowest BCUT2D eigenvalue weighted by Gasteiger charge is -2.31. The molecule has 0 unspecified atom stereocenters. The minimum absolute atomic E-state index is 0.180. The monoisotopic (exact) mass is 511 g/mol. The van der Waals surface area contributed by atoms with Crippen LogP contribution in [0.15, 0.2) is 65.7 Å². The fourth-order valence-electron chi connectivity index (χ4n) is 3.87. The molecular formula is C25H20F3N5S2. The molecule has 1 aliphatic heterocycles. The second kappa shape index (κ2) is 9.85. The van der Waals surface area contributed by atoms with Crippen molar-refractivity contribution in [3.05, 3.63) is 71.9 Å². The van der Waals surface area contributed by atoms with Crippen molar-refractivity contribution in [2.45, 2.75) is 30.0 Å². The van der Waals surface area contributed by atoms with Gasteiger partial charge in [0, 0.05) is 35.8 Å². The first-order valence-corrected chi connectivity index (χ1v) is 12.6. The van der Waals surface area contributed by atoms with Gasteiger partial charge >= 0.3 is 6.18 Å². The number of anilines is 1. The zero-order valence-corrected chi connectivity index (χ0v) is 20.1. The van der Waals surface area contributed by atoms with Crippen LogP contribution in [0.25, 0.3) is 20.8 Å². The molecule has 35 heavy (non-hydrogen) atoms. The average molecular weight is 512 g/mol. The van der Waals surface area contributed by atoms with Crippen LogP contribution < -0.4 is 5.32 Å². The van der Waals surface area contributed by atoms with Crippen molar-refractivity contribution in [3.8, 4) is 16.6 Å². The smallest absolute Gasteiger partial charge is 0.367 e. The summed E-state index contributed by atoms with van der Waals surface area (Å²) in [6, 6.07) is 18.6. The standard InChI is InChI=1S/C25H20F3N5S2/c26-25(27,28)18-4-8-23(30-15-18)31-19-9-11-33(12-10-19)35-20-5-2-17(3-6-20)24-32-21-7-1-16(14-29)13-22(21)34-24/h1-8,13,15,19H,9-12H2,(H,30,31). The van der Waals surface area contributed by atoms with E-state index in [9.17, 15) is 13.2 Å². The molecule has 0 saturated carbocycles. The van der Waals surface area contributed by atoms with Crippen molar-refractivity contribution in [2.75, 3.05) is 18.4 Å². The van der Waals surface area contributed by atoms with Crippen molar-refractivity contribution in [2.24, 2.45) is 0 Å². The number of hydrogen-bond donors (Lipinski definition) is 1. The van der Waals surface area contributed by atoms with Crippen LogP contribution in [0.4, 0.5) is 19.0 Å². The molecule has 5 nitrogen and oxygen atoms in total. The first-order chi connectivity index (χ1) is 16.9. The highest BCUT2D eigenvalue weighted by molar-refractivity contribution is 7.97. The molecule has 0 atom stereocenters. The maximum atomic E-state index is 12.7. The third kappa shape index (κ3) is 5.59. The number of thiazole rings is 1. The summed E-state index contributed by atoms with van der Waals surface area (Å²) in [5.74, 6) is 0.471. The predicted molar refractivity (Wildman–Crippen MR) is 133 cm³/mol. The summed E-state index contributed by atoms with van der Waals surface area (Å²) in [6.07, 6.45) is -1.74. The van der Waals surface area contributed by atoms with E-state index < -0.39 is 11.7 Å². The van der Waals surface area contributed by atoms with Gasteiger partial charge in [-0.1, -0.05) is 12.1 Å². The van der Waals surface area contributed by atoms with Crippen LogP contribution in [0.3, 0.4) is 0 Å². The van der Waals surface area contributed by atoms with Crippen LogP contribution in [-0.4, -0.2) is 33.4 Å². The molecule has 0 aliphatic carbocycles. The summed E-state index contributed by atoms with van der Waals surface area (Å²) >= 11 is 3.28. The summed E-state index contributed by atoms with van der Waals surface area (Å²) in [4.78, 5) is 9.74. The number of alkyl halides is 3. The number of fused-ring (bicyclic) bond motifs is 1. The molecule has 2 aromatic heterocycles. The van der Waals surface area contributed by atoms with Crippen molar-refractivity contribution < 1.29 is 13.2 Å². The SMILES string of the molecule is N#Cc1ccc2nc(-c3ccc(SN4CCC(Nc5ccc(C(F)(F)F)cn5)CC4)cc3)sc2c1. The van der Waals surface area contributed by atoms with Crippen LogP contribution >= 0.6 is 23.3 Å². The van der Waals surface area contributed by atoms with E-state index in [1.165, 1.54) is 6.07 Å². The van der Waals surface area contributed by atoms with Gasteiger partial charge in [0.2, 0.25) is 0 Å². The Morgan fingerprint density at radius 3 is 2.49 bits per heavy atom. The second-order valence-electron chi connectivity index (χ2n) is 8.21. The van der Waals surface area contributed by atoms with Gasteiger partial charge in [-0.2, -0.15) is 18.4 Å². The number of benzene rings is 2. The van der Waals surface area contributed by atoms with E-state index in [0.29, 0.717) is 11.4 Å². The number of nitrogens with one attached hydrogen (secondary N) is 1. The third-order valence-corrected chi connectivity index (χ3v) is 7.92. The van der Waals surface area contributed by atoms with Crippen molar-refractivity contribution in [1.29, 1.82) is 5.26 Å². The van der Waals surface area contributed by atoms with Crippen LogP contribution in [0.5, 0.6) is 0 Å². The fraction of sp³-hybridized carbons (Fsp3) is 0.240. The lowest BCUT2D eigenvalue weighted by molar-refractivity contribution is -0.137. The largest absolute Gasteiger partial charge is 0.417 e. The molecule has 5 rings (SSSR count). The van der Waals surface area contributed by atoms with E-state index >= 15 is 0 Å². The van der Waals surface area contributed by atoms with Gasteiger partial charge < -0.3 is 5.32 Å². The van der Waals surface area contributed by atoms with Gasteiger partial charge in [-0.15, -0.1) is 11.3 Å². The topological polar surface area (TPSA) is 64.8 Å². The molecule has 0 amide bonds. The molecule has 1 N–H and O–H groups in total. The molecule has 1 saturated heterocycles. The van der Waals surface area contributed by atoms with Gasteiger partial charge in [0.25, 0.3) is 0 Å². The number of rotatable bonds is 5. The van der Waals surface area contributed by atoms with E-state index in [0.717, 1.165) is 63.9 Å². The highest BCUT2D eigenvalue weighted by Gasteiger charge is 2.30. The molecule has 3 heterocycles. The number of nitriles is 1.